The van der Waals surface area contributed by atoms with Crippen LogP contribution in [-0.2, 0) is 19.3 Å². The number of aryl methyl sites for hydroxylation is 2. The predicted molar refractivity (Wildman–Crippen MR) is 149 cm³/mol. The van der Waals surface area contributed by atoms with Gasteiger partial charge in [-0.05, 0) is 53.8 Å². The number of rotatable bonds is 7. The van der Waals surface area contributed by atoms with Crippen LogP contribution in [0, 0.1) is 6.92 Å². The highest BCUT2D eigenvalue weighted by Gasteiger charge is 2.19. The molecule has 1 aliphatic heterocycles. The lowest BCUT2D eigenvalue weighted by Gasteiger charge is -2.16. The summed E-state index contributed by atoms with van der Waals surface area (Å²) in [4.78, 5) is 32.9. The number of aromatic amines is 1. The van der Waals surface area contributed by atoms with E-state index in [0.717, 1.165) is 64.2 Å². The molecule has 196 valence electrons. The van der Waals surface area contributed by atoms with E-state index in [-0.39, 0.29) is 5.56 Å². The molecule has 3 aromatic carbocycles. The largest absolute Gasteiger partial charge is 0.493 e. The van der Waals surface area contributed by atoms with E-state index >= 15 is 0 Å². The molecular weight excluding hydrogens is 492 g/mol. The molecule has 0 aliphatic carbocycles. The molecule has 1 aliphatic rings. The molecule has 0 bridgehead atoms. The van der Waals surface area contributed by atoms with Gasteiger partial charge in [-0.15, -0.1) is 0 Å². The monoisotopic (exact) mass is 520 g/mol. The Hall–Kier alpha value is -4.72. The summed E-state index contributed by atoms with van der Waals surface area (Å²) >= 11 is 0. The van der Waals surface area contributed by atoms with Crippen molar-refractivity contribution in [1.29, 1.82) is 0 Å². The van der Waals surface area contributed by atoms with Crippen molar-refractivity contribution in [2.45, 2.75) is 39.5 Å². The number of ether oxygens (including phenoxy) is 1. The van der Waals surface area contributed by atoms with Crippen molar-refractivity contribution in [2.24, 2.45) is 0 Å². The molecule has 1 N–H and O–H groups in total. The first-order chi connectivity index (χ1) is 19.0. The Balaban J connectivity index is 1.36. The molecule has 0 saturated carbocycles. The van der Waals surface area contributed by atoms with Crippen LogP contribution < -0.4 is 16.1 Å². The molecule has 8 nitrogen and oxygen atoms in total. The van der Waals surface area contributed by atoms with Crippen molar-refractivity contribution >= 4 is 0 Å². The second-order valence-corrected chi connectivity index (χ2v) is 9.73. The van der Waals surface area contributed by atoms with Crippen LogP contribution in [0.15, 0.2) is 80.8 Å². The fraction of sp³-hybridized carbons (Fsp3) is 0.226. The third kappa shape index (κ3) is 4.69. The fourth-order valence-electron chi connectivity index (χ4n) is 5.25. The van der Waals surface area contributed by atoms with E-state index < -0.39 is 5.76 Å². The van der Waals surface area contributed by atoms with Crippen molar-refractivity contribution in [3.63, 3.8) is 0 Å². The number of aromatic nitrogens is 4. The van der Waals surface area contributed by atoms with Crippen molar-refractivity contribution in [3.05, 3.63) is 116 Å². The van der Waals surface area contributed by atoms with Crippen LogP contribution in [0.3, 0.4) is 0 Å². The van der Waals surface area contributed by atoms with Crippen LogP contribution in [0.2, 0.25) is 0 Å². The molecule has 3 heterocycles. The topological polar surface area (TPSA) is 103 Å². The second-order valence-electron chi connectivity index (χ2n) is 9.73. The molecule has 8 heteroatoms. The molecule has 0 atom stereocenters. The first kappa shape index (κ1) is 24.6. The van der Waals surface area contributed by atoms with E-state index in [1.165, 1.54) is 0 Å². The Kier molecular flexibility index (Phi) is 6.44. The number of benzene rings is 3. The summed E-state index contributed by atoms with van der Waals surface area (Å²) in [6.45, 7) is 4.66. The van der Waals surface area contributed by atoms with Gasteiger partial charge in [0.25, 0.3) is 5.56 Å². The minimum absolute atomic E-state index is 0.0331. The van der Waals surface area contributed by atoms with E-state index in [1.54, 1.807) is 4.57 Å². The molecule has 6 rings (SSSR count). The van der Waals surface area contributed by atoms with Crippen LogP contribution in [-0.4, -0.2) is 26.3 Å². The Morgan fingerprint density at radius 1 is 1.00 bits per heavy atom. The van der Waals surface area contributed by atoms with Gasteiger partial charge in [-0.3, -0.25) is 18.9 Å². The second kappa shape index (κ2) is 10.2. The smallest absolute Gasteiger partial charge is 0.439 e. The summed E-state index contributed by atoms with van der Waals surface area (Å²) in [6.07, 6.45) is 2.96. The lowest BCUT2D eigenvalue weighted by Crippen LogP contribution is -2.28. The zero-order chi connectivity index (χ0) is 26.9. The van der Waals surface area contributed by atoms with Crippen LogP contribution in [0.4, 0.5) is 0 Å². The van der Waals surface area contributed by atoms with Crippen molar-refractivity contribution in [3.8, 4) is 34.0 Å². The Labute approximate surface area is 224 Å². The SMILES string of the molecule is CCCc1nc(C)n(-c2ccc3c(c2)CCO3)c(=O)c1Cc1ccc(-c2ccccc2-c2noc(=O)[nH]2)cc1. The average molecular weight is 521 g/mol. The first-order valence-corrected chi connectivity index (χ1v) is 13.1. The van der Waals surface area contributed by atoms with Crippen LogP contribution in [0.25, 0.3) is 28.2 Å². The number of nitrogens with one attached hydrogen (secondary N) is 1. The Bertz CT molecular complexity index is 1780. The summed E-state index contributed by atoms with van der Waals surface area (Å²) in [5, 5.41) is 3.85. The van der Waals surface area contributed by atoms with Crippen LogP contribution in [0.1, 0.15) is 41.6 Å². The molecule has 0 saturated heterocycles. The van der Waals surface area contributed by atoms with E-state index in [1.807, 2.05) is 73.7 Å². The van der Waals surface area contributed by atoms with Gasteiger partial charge < -0.3 is 4.74 Å². The van der Waals surface area contributed by atoms with Gasteiger partial charge >= 0.3 is 5.76 Å². The Morgan fingerprint density at radius 3 is 2.54 bits per heavy atom. The first-order valence-electron chi connectivity index (χ1n) is 13.1. The normalized spacial score (nSPS) is 12.4. The van der Waals surface area contributed by atoms with Crippen molar-refractivity contribution in [2.75, 3.05) is 6.61 Å². The van der Waals surface area contributed by atoms with Gasteiger partial charge in [-0.1, -0.05) is 67.0 Å². The summed E-state index contributed by atoms with van der Waals surface area (Å²) in [7, 11) is 0. The standard InChI is InChI=1S/C31H28N4O4/c1-3-6-27-26(30(36)35(19(2)32-27)23-13-14-28-22(18-23)15-16-38-28)17-20-9-11-21(12-10-20)24-7-4-5-8-25(24)29-33-31(37)39-34-29/h4-5,7-14,18H,3,6,15-17H2,1-2H3,(H,33,34,37). The molecule has 0 radical (unpaired) electrons. The summed E-state index contributed by atoms with van der Waals surface area (Å²) in [6, 6.07) is 21.7. The highest BCUT2D eigenvalue weighted by atomic mass is 16.5. The van der Waals surface area contributed by atoms with E-state index in [0.29, 0.717) is 30.2 Å². The molecular formula is C31H28N4O4. The number of H-pyrrole nitrogens is 1. The number of nitrogens with zero attached hydrogens (tertiary/aromatic N) is 3. The maximum absolute atomic E-state index is 13.9. The number of fused-ring (bicyclic) bond motifs is 1. The number of hydrogen-bond acceptors (Lipinski definition) is 6. The van der Waals surface area contributed by atoms with Crippen LogP contribution >= 0.6 is 0 Å². The van der Waals surface area contributed by atoms with E-state index in [9.17, 15) is 9.59 Å². The van der Waals surface area contributed by atoms with Gasteiger partial charge in [-0.2, -0.15) is 0 Å². The third-order valence-electron chi connectivity index (χ3n) is 7.12. The van der Waals surface area contributed by atoms with Gasteiger partial charge in [0.2, 0.25) is 0 Å². The molecule has 0 spiro atoms. The maximum Gasteiger partial charge on any atom is 0.439 e. The fourth-order valence-corrected chi connectivity index (χ4v) is 5.25. The van der Waals surface area contributed by atoms with Gasteiger partial charge in [0.05, 0.1) is 18.0 Å². The number of hydrogen-bond donors (Lipinski definition) is 1. The highest BCUT2D eigenvalue weighted by Crippen LogP contribution is 2.30. The molecule has 0 amide bonds. The lowest BCUT2D eigenvalue weighted by molar-refractivity contribution is 0.357. The zero-order valence-corrected chi connectivity index (χ0v) is 21.9. The van der Waals surface area contributed by atoms with Crippen molar-refractivity contribution in [1.82, 2.24) is 19.7 Å². The summed E-state index contributed by atoms with van der Waals surface area (Å²) in [5.41, 5.74) is 7.13. The van der Waals surface area contributed by atoms with Gasteiger partial charge in [0.15, 0.2) is 5.82 Å². The molecule has 39 heavy (non-hydrogen) atoms. The van der Waals surface area contributed by atoms with Gasteiger partial charge in [-0.25, -0.2) is 9.78 Å². The molecule has 0 fully saturated rings. The zero-order valence-electron chi connectivity index (χ0n) is 21.9. The van der Waals surface area contributed by atoms with E-state index in [2.05, 4.69) is 17.1 Å². The van der Waals surface area contributed by atoms with Crippen LogP contribution in [0.5, 0.6) is 5.75 Å². The molecule has 0 unspecified atom stereocenters. The predicted octanol–water partition coefficient (Wildman–Crippen LogP) is 5.03. The highest BCUT2D eigenvalue weighted by molar-refractivity contribution is 5.80. The summed E-state index contributed by atoms with van der Waals surface area (Å²) < 4.78 is 12.1. The van der Waals surface area contributed by atoms with Crippen molar-refractivity contribution < 1.29 is 9.26 Å². The quantitative estimate of drug-likeness (QED) is 0.323. The summed E-state index contributed by atoms with van der Waals surface area (Å²) in [5.74, 6) is 1.36. The van der Waals surface area contributed by atoms with Gasteiger partial charge in [0.1, 0.15) is 11.6 Å². The minimum atomic E-state index is -0.594. The third-order valence-corrected chi connectivity index (χ3v) is 7.12. The molecule has 5 aromatic rings. The van der Waals surface area contributed by atoms with Gasteiger partial charge in [0, 0.05) is 24.0 Å². The maximum atomic E-state index is 13.9. The molecule has 2 aromatic heterocycles. The minimum Gasteiger partial charge on any atom is -0.493 e. The average Bonchev–Trinajstić information content (AvgIpc) is 3.60. The van der Waals surface area contributed by atoms with E-state index in [4.69, 9.17) is 14.2 Å². The Morgan fingerprint density at radius 2 is 1.79 bits per heavy atom. The lowest BCUT2D eigenvalue weighted by atomic mass is 9.96.